The Balaban J connectivity index is 1.43. The van der Waals surface area contributed by atoms with Crippen molar-refractivity contribution in [2.75, 3.05) is 4.90 Å². The van der Waals surface area contributed by atoms with E-state index in [1.807, 2.05) is 44.2 Å². The number of ether oxygens (including phenoxy) is 1. The van der Waals surface area contributed by atoms with Crippen LogP contribution in [0.25, 0.3) is 6.08 Å². The van der Waals surface area contributed by atoms with E-state index in [1.165, 1.54) is 17.2 Å². The molecular formula is C22H21N3O4. The van der Waals surface area contributed by atoms with E-state index in [2.05, 4.69) is 4.98 Å². The summed E-state index contributed by atoms with van der Waals surface area (Å²) >= 11 is 0. The maximum Gasteiger partial charge on any atom is 0.420 e. The van der Waals surface area contributed by atoms with Crippen molar-refractivity contribution in [3.05, 3.63) is 59.9 Å². The highest BCUT2D eigenvalue weighted by Gasteiger charge is 2.38. The van der Waals surface area contributed by atoms with Gasteiger partial charge < -0.3 is 4.74 Å². The number of imide groups is 1. The molecular weight excluding hydrogens is 370 g/mol. The van der Waals surface area contributed by atoms with Crippen LogP contribution in [0.5, 0.6) is 5.88 Å². The van der Waals surface area contributed by atoms with Gasteiger partial charge in [-0.15, -0.1) is 0 Å². The van der Waals surface area contributed by atoms with Gasteiger partial charge in [-0.3, -0.25) is 14.5 Å². The van der Waals surface area contributed by atoms with Crippen LogP contribution < -0.4 is 9.64 Å². The molecule has 0 unspecified atom stereocenters. The summed E-state index contributed by atoms with van der Waals surface area (Å²) in [5, 5.41) is 0. The van der Waals surface area contributed by atoms with Crippen LogP contribution in [-0.4, -0.2) is 27.8 Å². The summed E-state index contributed by atoms with van der Waals surface area (Å²) in [5.74, 6) is -0.409. The zero-order valence-electron chi connectivity index (χ0n) is 16.3. The number of hydrogen-bond acceptors (Lipinski definition) is 5. The van der Waals surface area contributed by atoms with Gasteiger partial charge in [-0.05, 0) is 28.7 Å². The predicted octanol–water partition coefficient (Wildman–Crippen LogP) is 3.75. The van der Waals surface area contributed by atoms with E-state index in [4.69, 9.17) is 4.74 Å². The molecule has 1 fully saturated rings. The highest BCUT2D eigenvalue weighted by Crippen LogP contribution is 2.34. The Bertz CT molecular complexity index is 991. The number of carbonyl (C=O) groups excluding carboxylic acids is 3. The number of anilines is 1. The van der Waals surface area contributed by atoms with E-state index < -0.39 is 6.09 Å². The topological polar surface area (TPSA) is 79.8 Å². The van der Waals surface area contributed by atoms with Crippen LogP contribution in [0, 0.1) is 5.41 Å². The maximum atomic E-state index is 12.4. The Morgan fingerprint density at radius 2 is 1.79 bits per heavy atom. The number of hydrogen-bond donors (Lipinski definition) is 0. The molecule has 0 spiro atoms. The number of carbonyl (C=O) groups is 3. The third kappa shape index (κ3) is 3.89. The Morgan fingerprint density at radius 1 is 1.07 bits per heavy atom. The number of rotatable bonds is 2. The normalized spacial score (nSPS) is 17.9. The predicted molar refractivity (Wildman–Crippen MR) is 107 cm³/mol. The summed E-state index contributed by atoms with van der Waals surface area (Å²) in [4.78, 5) is 43.9. The lowest BCUT2D eigenvalue weighted by atomic mass is 9.81. The summed E-state index contributed by atoms with van der Waals surface area (Å²) in [6.45, 7) is 4.21. The van der Waals surface area contributed by atoms with Crippen molar-refractivity contribution in [1.82, 2.24) is 9.88 Å². The van der Waals surface area contributed by atoms with Gasteiger partial charge in [0.2, 0.25) is 17.7 Å². The summed E-state index contributed by atoms with van der Waals surface area (Å²) in [7, 11) is 0. The van der Waals surface area contributed by atoms with Crippen molar-refractivity contribution in [3.8, 4) is 5.88 Å². The largest absolute Gasteiger partial charge is 0.420 e. The summed E-state index contributed by atoms with van der Waals surface area (Å²) in [6, 6.07) is 10.9. The molecule has 1 aromatic heterocycles. The van der Waals surface area contributed by atoms with Gasteiger partial charge in [0.1, 0.15) is 0 Å². The smallest absolute Gasteiger partial charge is 0.391 e. The van der Waals surface area contributed by atoms with Gasteiger partial charge in [0.25, 0.3) is 0 Å². The first kappa shape index (κ1) is 18.9. The number of piperidine rings is 1. The van der Waals surface area contributed by atoms with Crippen LogP contribution in [0.3, 0.4) is 0 Å². The fraction of sp³-hybridized carbons (Fsp3) is 0.273. The first-order chi connectivity index (χ1) is 13.8. The van der Waals surface area contributed by atoms with E-state index >= 15 is 0 Å². The van der Waals surface area contributed by atoms with E-state index in [-0.39, 0.29) is 36.0 Å². The molecule has 2 aromatic rings. The second-order valence-electron chi connectivity index (χ2n) is 8.01. The molecule has 2 aliphatic rings. The molecule has 4 rings (SSSR count). The minimum absolute atomic E-state index is 0.100. The van der Waals surface area contributed by atoms with Gasteiger partial charge in [0, 0.05) is 25.1 Å². The molecule has 0 bridgehead atoms. The first-order valence-electron chi connectivity index (χ1n) is 9.39. The minimum atomic E-state index is -0.553. The van der Waals surface area contributed by atoms with Crippen LogP contribution in [0.1, 0.15) is 37.8 Å². The zero-order chi connectivity index (χ0) is 20.6. The fourth-order valence-corrected chi connectivity index (χ4v) is 3.55. The molecule has 7 heteroatoms. The summed E-state index contributed by atoms with van der Waals surface area (Å²) in [5.41, 5.74) is 2.13. The average molecular weight is 391 g/mol. The van der Waals surface area contributed by atoms with Gasteiger partial charge in [-0.2, -0.15) is 0 Å². The van der Waals surface area contributed by atoms with E-state index in [1.54, 1.807) is 12.3 Å². The standard InChI is InChI=1S/C22H21N3O4/c1-22(2)11-19(26)25(20(27)12-22)17-7-8-18(23-13-17)29-21(28)24-10-9-15-5-3-4-6-16(15)14-24/h3-10,13H,11-12,14H2,1-2H3. The van der Waals surface area contributed by atoms with Crippen molar-refractivity contribution in [2.24, 2.45) is 5.41 Å². The van der Waals surface area contributed by atoms with Crippen LogP contribution in [0.4, 0.5) is 10.5 Å². The SMILES string of the molecule is CC1(C)CC(=O)N(c2ccc(OC(=O)N3C=Cc4ccccc4C3)nc2)C(=O)C1. The molecule has 1 saturated heterocycles. The molecule has 0 atom stereocenters. The van der Waals surface area contributed by atoms with Gasteiger partial charge >= 0.3 is 6.09 Å². The Kier molecular flexibility index (Phi) is 4.66. The molecule has 1 aromatic carbocycles. The molecule has 148 valence electrons. The van der Waals surface area contributed by atoms with E-state index in [0.717, 1.165) is 16.0 Å². The Morgan fingerprint density at radius 3 is 2.48 bits per heavy atom. The third-order valence-corrected chi connectivity index (χ3v) is 4.99. The van der Waals surface area contributed by atoms with Crippen molar-refractivity contribution >= 4 is 29.7 Å². The fourth-order valence-electron chi connectivity index (χ4n) is 3.55. The molecule has 0 radical (unpaired) electrons. The quantitative estimate of drug-likeness (QED) is 0.729. The highest BCUT2D eigenvalue weighted by molar-refractivity contribution is 6.16. The molecule has 2 aliphatic heterocycles. The summed E-state index contributed by atoms with van der Waals surface area (Å²) in [6.07, 6.45) is 4.93. The molecule has 29 heavy (non-hydrogen) atoms. The highest BCUT2D eigenvalue weighted by atomic mass is 16.6. The van der Waals surface area contributed by atoms with Crippen LogP contribution in [-0.2, 0) is 16.1 Å². The van der Waals surface area contributed by atoms with E-state index in [0.29, 0.717) is 12.2 Å². The van der Waals surface area contributed by atoms with Crippen LogP contribution >= 0.6 is 0 Å². The monoisotopic (exact) mass is 391 g/mol. The molecule has 0 aliphatic carbocycles. The van der Waals surface area contributed by atoms with Gasteiger partial charge in [0.15, 0.2) is 0 Å². The molecule has 0 saturated carbocycles. The van der Waals surface area contributed by atoms with E-state index in [9.17, 15) is 14.4 Å². The molecule has 3 amide bonds. The second-order valence-corrected chi connectivity index (χ2v) is 8.01. The van der Waals surface area contributed by atoms with Crippen LogP contribution in [0.15, 0.2) is 48.8 Å². The lowest BCUT2D eigenvalue weighted by Gasteiger charge is -2.34. The molecule has 3 heterocycles. The Hall–Kier alpha value is -3.48. The van der Waals surface area contributed by atoms with Gasteiger partial charge in [-0.25, -0.2) is 14.7 Å². The lowest BCUT2D eigenvalue weighted by Crippen LogP contribution is -2.46. The minimum Gasteiger partial charge on any atom is -0.391 e. The van der Waals surface area contributed by atoms with Crippen LogP contribution in [0.2, 0.25) is 0 Å². The van der Waals surface area contributed by atoms with Gasteiger partial charge in [-0.1, -0.05) is 38.1 Å². The van der Waals surface area contributed by atoms with Crippen molar-refractivity contribution in [3.63, 3.8) is 0 Å². The van der Waals surface area contributed by atoms with Crippen molar-refractivity contribution in [1.29, 1.82) is 0 Å². The number of nitrogens with zero attached hydrogens (tertiary/aromatic N) is 3. The zero-order valence-corrected chi connectivity index (χ0v) is 16.3. The number of benzene rings is 1. The number of fused-ring (bicyclic) bond motifs is 1. The number of amides is 3. The Labute approximate surface area is 168 Å². The third-order valence-electron chi connectivity index (χ3n) is 4.99. The lowest BCUT2D eigenvalue weighted by molar-refractivity contribution is -0.132. The molecule has 7 nitrogen and oxygen atoms in total. The second kappa shape index (κ2) is 7.16. The van der Waals surface area contributed by atoms with Crippen molar-refractivity contribution in [2.45, 2.75) is 33.2 Å². The maximum absolute atomic E-state index is 12.4. The van der Waals surface area contributed by atoms with Gasteiger partial charge in [0.05, 0.1) is 18.4 Å². The molecule has 0 N–H and O–H groups in total. The average Bonchev–Trinajstić information content (AvgIpc) is 2.67. The summed E-state index contributed by atoms with van der Waals surface area (Å²) < 4.78 is 5.33. The van der Waals surface area contributed by atoms with Crippen molar-refractivity contribution < 1.29 is 19.1 Å². The number of pyridine rings is 1. The number of aromatic nitrogens is 1. The first-order valence-corrected chi connectivity index (χ1v) is 9.39.